The fraction of sp³-hybridized carbons (Fsp3) is 0.381. The van der Waals surface area contributed by atoms with E-state index in [1.807, 2.05) is 12.1 Å². The van der Waals surface area contributed by atoms with Crippen molar-refractivity contribution in [1.29, 1.82) is 0 Å². The van der Waals surface area contributed by atoms with E-state index in [-0.39, 0.29) is 12.5 Å². The van der Waals surface area contributed by atoms with Crippen molar-refractivity contribution >= 4 is 33.4 Å². The highest BCUT2D eigenvalue weighted by molar-refractivity contribution is 9.10. The maximum Gasteiger partial charge on any atom is 0.258 e. The van der Waals surface area contributed by atoms with Crippen LogP contribution < -0.4 is 10.1 Å². The van der Waals surface area contributed by atoms with Crippen molar-refractivity contribution in [2.45, 2.75) is 32.4 Å². The van der Waals surface area contributed by atoms with E-state index >= 15 is 0 Å². The summed E-state index contributed by atoms with van der Waals surface area (Å²) in [5.74, 6) is 0.328. The first-order valence-corrected chi connectivity index (χ1v) is 10.4. The molecule has 0 saturated carbocycles. The minimum absolute atomic E-state index is 0.0607. The molecule has 2 aromatic carbocycles. The summed E-state index contributed by atoms with van der Waals surface area (Å²) >= 11 is 9.43. The van der Waals surface area contributed by atoms with Crippen LogP contribution in [0.3, 0.4) is 0 Å². The zero-order valence-corrected chi connectivity index (χ0v) is 17.6. The number of nitrogens with zero attached hydrogens (tertiary/aromatic N) is 1. The molecular formula is C21H24BrClN2O2. The molecule has 0 atom stereocenters. The molecule has 6 heteroatoms. The molecule has 1 aliphatic rings. The third-order valence-corrected chi connectivity index (χ3v) is 5.38. The van der Waals surface area contributed by atoms with Gasteiger partial charge in [0.1, 0.15) is 5.75 Å². The lowest BCUT2D eigenvalue weighted by molar-refractivity contribution is -0.123. The van der Waals surface area contributed by atoms with Gasteiger partial charge in [0.25, 0.3) is 5.91 Å². The van der Waals surface area contributed by atoms with Crippen LogP contribution in [0.15, 0.2) is 46.9 Å². The van der Waals surface area contributed by atoms with Crippen LogP contribution in [-0.4, -0.2) is 30.5 Å². The van der Waals surface area contributed by atoms with Gasteiger partial charge in [-0.15, -0.1) is 0 Å². The molecule has 1 heterocycles. The molecule has 144 valence electrons. The minimum Gasteiger partial charge on any atom is -0.482 e. The average molecular weight is 452 g/mol. The van der Waals surface area contributed by atoms with Gasteiger partial charge in [-0.1, -0.05) is 58.2 Å². The third-order valence-electron chi connectivity index (χ3n) is 4.59. The quantitative estimate of drug-likeness (QED) is 0.658. The van der Waals surface area contributed by atoms with Gasteiger partial charge < -0.3 is 10.1 Å². The number of hydrogen-bond donors (Lipinski definition) is 1. The van der Waals surface area contributed by atoms with Crippen LogP contribution in [0, 0.1) is 0 Å². The van der Waals surface area contributed by atoms with E-state index in [1.165, 1.54) is 37.9 Å². The molecule has 1 N–H and O–H groups in total. The lowest BCUT2D eigenvalue weighted by Crippen LogP contribution is -2.29. The van der Waals surface area contributed by atoms with Crippen LogP contribution in [0.25, 0.3) is 0 Å². The van der Waals surface area contributed by atoms with Crippen LogP contribution in [0.5, 0.6) is 5.75 Å². The Morgan fingerprint density at radius 3 is 2.67 bits per heavy atom. The van der Waals surface area contributed by atoms with E-state index in [4.69, 9.17) is 16.3 Å². The summed E-state index contributed by atoms with van der Waals surface area (Å²) in [5, 5.41) is 3.38. The van der Waals surface area contributed by atoms with Gasteiger partial charge in [-0.3, -0.25) is 9.69 Å². The summed E-state index contributed by atoms with van der Waals surface area (Å²) in [6.45, 7) is 3.76. The van der Waals surface area contributed by atoms with E-state index in [0.717, 1.165) is 16.6 Å². The number of nitrogens with one attached hydrogen (secondary N) is 1. The molecule has 0 unspecified atom stereocenters. The molecule has 4 nitrogen and oxygen atoms in total. The Bertz CT molecular complexity index is 779. The van der Waals surface area contributed by atoms with Gasteiger partial charge in [0.15, 0.2) is 6.61 Å². The maximum absolute atomic E-state index is 12.1. The number of carbonyl (C=O) groups is 1. The largest absolute Gasteiger partial charge is 0.482 e. The summed E-state index contributed by atoms with van der Waals surface area (Å²) in [6, 6.07) is 13.7. The second kappa shape index (κ2) is 10.1. The summed E-state index contributed by atoms with van der Waals surface area (Å²) in [6.07, 6.45) is 3.92. The molecule has 27 heavy (non-hydrogen) atoms. The van der Waals surface area contributed by atoms with Crippen LogP contribution in [0.4, 0.5) is 0 Å². The number of hydrogen-bond acceptors (Lipinski definition) is 3. The second-order valence-electron chi connectivity index (χ2n) is 6.80. The first kappa shape index (κ1) is 20.2. The van der Waals surface area contributed by atoms with E-state index in [0.29, 0.717) is 17.3 Å². The monoisotopic (exact) mass is 450 g/mol. The molecule has 0 aromatic heterocycles. The Labute approximate surface area is 174 Å². The van der Waals surface area contributed by atoms with Gasteiger partial charge in [0.05, 0.1) is 5.02 Å². The first-order valence-electron chi connectivity index (χ1n) is 9.25. The minimum atomic E-state index is -0.171. The highest BCUT2D eigenvalue weighted by atomic mass is 79.9. The molecule has 0 radical (unpaired) electrons. The molecule has 1 fully saturated rings. The number of rotatable bonds is 7. The lowest BCUT2D eigenvalue weighted by Gasteiger charge is -2.26. The third kappa shape index (κ3) is 6.52. The Morgan fingerprint density at radius 1 is 1.11 bits per heavy atom. The second-order valence-corrected chi connectivity index (χ2v) is 8.12. The lowest BCUT2D eigenvalue weighted by atomic mass is 10.1. The van der Waals surface area contributed by atoms with E-state index in [2.05, 4.69) is 44.3 Å². The van der Waals surface area contributed by atoms with Crippen LogP contribution in [0.1, 0.15) is 30.4 Å². The molecular weight excluding hydrogens is 428 g/mol. The zero-order chi connectivity index (χ0) is 19.1. The Kier molecular flexibility index (Phi) is 7.56. The van der Waals surface area contributed by atoms with Gasteiger partial charge in [0, 0.05) is 17.6 Å². The summed E-state index contributed by atoms with van der Waals surface area (Å²) in [5.41, 5.74) is 2.39. The predicted molar refractivity (Wildman–Crippen MR) is 112 cm³/mol. The average Bonchev–Trinajstić information content (AvgIpc) is 2.67. The van der Waals surface area contributed by atoms with Crippen molar-refractivity contribution in [3.63, 3.8) is 0 Å². The number of halogens is 2. The van der Waals surface area contributed by atoms with Gasteiger partial charge in [-0.05, 0) is 55.3 Å². The summed E-state index contributed by atoms with van der Waals surface area (Å²) < 4.78 is 6.36. The standard InChI is InChI=1S/C21H24BrClN2O2/c22-18-7-8-20(19(23)12-18)27-15-21(26)24-13-16-5-4-6-17(11-16)14-25-9-2-1-3-10-25/h4-8,11-12H,1-3,9-10,13-15H2,(H,24,26). The normalized spacial score (nSPS) is 14.7. The summed E-state index contributed by atoms with van der Waals surface area (Å²) in [7, 11) is 0. The van der Waals surface area contributed by atoms with Crippen molar-refractivity contribution in [3.05, 3.63) is 63.1 Å². The molecule has 0 spiro atoms. The van der Waals surface area contributed by atoms with Crippen molar-refractivity contribution < 1.29 is 9.53 Å². The van der Waals surface area contributed by atoms with E-state index < -0.39 is 0 Å². The predicted octanol–water partition coefficient (Wildman–Crippen LogP) is 4.78. The number of piperidine rings is 1. The highest BCUT2D eigenvalue weighted by Crippen LogP contribution is 2.27. The summed E-state index contributed by atoms with van der Waals surface area (Å²) in [4.78, 5) is 14.6. The smallest absolute Gasteiger partial charge is 0.258 e. The highest BCUT2D eigenvalue weighted by Gasteiger charge is 2.11. The Balaban J connectivity index is 1.46. The van der Waals surface area contributed by atoms with Gasteiger partial charge in [0.2, 0.25) is 0 Å². The molecule has 0 bridgehead atoms. The van der Waals surface area contributed by atoms with Gasteiger partial charge in [-0.25, -0.2) is 0 Å². The van der Waals surface area contributed by atoms with Crippen molar-refractivity contribution in [1.82, 2.24) is 10.2 Å². The fourth-order valence-electron chi connectivity index (χ4n) is 3.20. The van der Waals surface area contributed by atoms with Crippen LogP contribution in [0.2, 0.25) is 5.02 Å². The van der Waals surface area contributed by atoms with E-state index in [9.17, 15) is 4.79 Å². The van der Waals surface area contributed by atoms with Gasteiger partial charge >= 0.3 is 0 Å². The van der Waals surface area contributed by atoms with Gasteiger partial charge in [-0.2, -0.15) is 0 Å². The number of carbonyl (C=O) groups excluding carboxylic acids is 1. The van der Waals surface area contributed by atoms with Crippen LogP contribution >= 0.6 is 27.5 Å². The first-order chi connectivity index (χ1) is 13.1. The zero-order valence-electron chi connectivity index (χ0n) is 15.2. The fourth-order valence-corrected chi connectivity index (χ4v) is 3.93. The number of benzene rings is 2. The van der Waals surface area contributed by atoms with Crippen molar-refractivity contribution in [2.75, 3.05) is 19.7 Å². The SMILES string of the molecule is O=C(COc1ccc(Br)cc1Cl)NCc1cccc(CN2CCCCC2)c1. The number of likely N-dealkylation sites (tertiary alicyclic amines) is 1. The van der Waals surface area contributed by atoms with E-state index in [1.54, 1.807) is 12.1 Å². The Hall–Kier alpha value is -1.56. The maximum atomic E-state index is 12.1. The molecule has 1 amide bonds. The number of amides is 1. The topological polar surface area (TPSA) is 41.6 Å². The Morgan fingerprint density at radius 2 is 1.89 bits per heavy atom. The van der Waals surface area contributed by atoms with Crippen molar-refractivity contribution in [3.8, 4) is 5.75 Å². The molecule has 3 rings (SSSR count). The molecule has 1 saturated heterocycles. The molecule has 0 aliphatic carbocycles. The number of ether oxygens (including phenoxy) is 1. The van der Waals surface area contributed by atoms with Crippen molar-refractivity contribution in [2.24, 2.45) is 0 Å². The molecule has 2 aromatic rings. The molecule has 1 aliphatic heterocycles. The van der Waals surface area contributed by atoms with Crippen LogP contribution in [-0.2, 0) is 17.9 Å².